The third-order valence-corrected chi connectivity index (χ3v) is 7.21. The molecule has 4 N–H and O–H groups in total. The number of carbonyl (C=O) groups excluding carboxylic acids is 1. The van der Waals surface area contributed by atoms with E-state index < -0.39 is 61.4 Å². The number of hydrogen-bond donors (Lipinski definition) is 4. The summed E-state index contributed by atoms with van der Waals surface area (Å²) in [6, 6.07) is 5.20. The minimum atomic E-state index is -4.58. The molecule has 2 unspecified atom stereocenters. The van der Waals surface area contributed by atoms with E-state index in [4.69, 9.17) is 30.1 Å². The van der Waals surface area contributed by atoms with Gasteiger partial charge in [-0.25, -0.2) is 13.8 Å². The van der Waals surface area contributed by atoms with Gasteiger partial charge in [-0.05, 0) is 45.0 Å². The molecule has 16 heteroatoms. The standard InChI is InChI=1S/C21H26ClFN3O10P/c1-4-33-16(28)12(2)25-37(32,36-14-7-5-13(22)6-8-14)34-11-21(23)17(29)20(3,31)18(35-21)26-10-9-15(27)24-19(26)30/h5-10,12,17-18,29,31H,4,11H2,1-3H3,(H,25,32)(H,24,27,30)/t12?,17-,18+,20+,21+,37?/m0/s1. The maximum Gasteiger partial charge on any atom is 0.459 e. The molecule has 3 rings (SSSR count). The van der Waals surface area contributed by atoms with Gasteiger partial charge in [-0.2, -0.15) is 5.09 Å². The molecule has 1 aliphatic heterocycles. The molecule has 2 heterocycles. The van der Waals surface area contributed by atoms with Crippen molar-refractivity contribution < 1.29 is 42.5 Å². The molecule has 6 atom stereocenters. The summed E-state index contributed by atoms with van der Waals surface area (Å²) in [6.45, 7) is 2.60. The molecule has 0 amide bonds. The van der Waals surface area contributed by atoms with E-state index in [1.807, 2.05) is 4.98 Å². The number of H-pyrrole nitrogens is 1. The Labute approximate surface area is 214 Å². The van der Waals surface area contributed by atoms with Gasteiger partial charge in [0.1, 0.15) is 30.1 Å². The lowest BCUT2D eigenvalue weighted by molar-refractivity contribution is -0.204. The lowest BCUT2D eigenvalue weighted by Gasteiger charge is -2.29. The number of aliphatic hydroxyl groups is 2. The highest BCUT2D eigenvalue weighted by Crippen LogP contribution is 2.50. The summed E-state index contributed by atoms with van der Waals surface area (Å²) < 4.78 is 50.7. The molecule has 1 aliphatic rings. The molecule has 0 radical (unpaired) electrons. The number of esters is 1. The normalized spacial score (nSPS) is 27.9. The van der Waals surface area contributed by atoms with Crippen LogP contribution in [0.1, 0.15) is 27.0 Å². The minimum absolute atomic E-state index is 0.0262. The molecule has 0 spiro atoms. The molecule has 0 saturated carbocycles. The first-order valence-electron chi connectivity index (χ1n) is 10.9. The Kier molecular flexibility index (Phi) is 8.64. The van der Waals surface area contributed by atoms with Crippen molar-refractivity contribution in [2.45, 2.75) is 50.6 Å². The Morgan fingerprint density at radius 1 is 1.35 bits per heavy atom. The zero-order valence-electron chi connectivity index (χ0n) is 19.9. The Balaban J connectivity index is 1.87. The largest absolute Gasteiger partial charge is 0.465 e. The number of aliphatic hydroxyl groups excluding tert-OH is 1. The van der Waals surface area contributed by atoms with Crippen molar-refractivity contribution in [3.8, 4) is 5.75 Å². The van der Waals surface area contributed by atoms with Crippen molar-refractivity contribution in [1.29, 1.82) is 0 Å². The summed E-state index contributed by atoms with van der Waals surface area (Å²) in [4.78, 5) is 37.5. The maximum atomic E-state index is 15.8. The highest BCUT2D eigenvalue weighted by Gasteiger charge is 2.63. The molecule has 37 heavy (non-hydrogen) atoms. The van der Waals surface area contributed by atoms with Crippen LogP contribution in [-0.4, -0.2) is 62.5 Å². The average molecular weight is 566 g/mol. The van der Waals surface area contributed by atoms with Crippen molar-refractivity contribution >= 4 is 25.3 Å². The topological polar surface area (TPSA) is 178 Å². The third kappa shape index (κ3) is 6.47. The average Bonchev–Trinajstić information content (AvgIpc) is 3.00. The van der Waals surface area contributed by atoms with Gasteiger partial charge in [-0.1, -0.05) is 11.6 Å². The molecular weight excluding hydrogens is 540 g/mol. The van der Waals surface area contributed by atoms with Crippen LogP contribution in [-0.2, 0) is 23.4 Å². The van der Waals surface area contributed by atoms with Crippen LogP contribution in [0.3, 0.4) is 0 Å². The van der Waals surface area contributed by atoms with Crippen molar-refractivity contribution in [2.75, 3.05) is 13.2 Å². The zero-order valence-corrected chi connectivity index (χ0v) is 21.6. The van der Waals surface area contributed by atoms with Crippen molar-refractivity contribution in [3.05, 3.63) is 62.4 Å². The van der Waals surface area contributed by atoms with Crippen LogP contribution in [0.5, 0.6) is 5.75 Å². The number of benzene rings is 1. The predicted octanol–water partition coefficient (Wildman–Crippen LogP) is 1.24. The van der Waals surface area contributed by atoms with Crippen LogP contribution in [0.2, 0.25) is 5.02 Å². The van der Waals surface area contributed by atoms with Gasteiger partial charge >= 0.3 is 19.4 Å². The number of alkyl halides is 1. The van der Waals surface area contributed by atoms with Gasteiger partial charge in [0.2, 0.25) is 0 Å². The van der Waals surface area contributed by atoms with E-state index in [-0.39, 0.29) is 12.4 Å². The summed E-state index contributed by atoms with van der Waals surface area (Å²) in [5, 5.41) is 24.0. The number of halogens is 2. The second kappa shape index (κ2) is 11.0. The molecule has 1 fully saturated rings. The molecule has 0 bridgehead atoms. The number of aromatic nitrogens is 2. The molecule has 0 aliphatic carbocycles. The fraction of sp³-hybridized carbons (Fsp3) is 0.476. The van der Waals surface area contributed by atoms with Crippen LogP contribution in [0.4, 0.5) is 4.39 Å². The van der Waals surface area contributed by atoms with Crippen LogP contribution in [0.25, 0.3) is 0 Å². The smallest absolute Gasteiger partial charge is 0.459 e. The number of nitrogens with zero attached hydrogens (tertiary/aromatic N) is 1. The molecular formula is C21H26ClFN3O10P. The summed E-state index contributed by atoms with van der Waals surface area (Å²) >= 11 is 5.84. The van der Waals surface area contributed by atoms with Crippen LogP contribution in [0.15, 0.2) is 46.1 Å². The summed E-state index contributed by atoms with van der Waals surface area (Å²) in [5.74, 6) is -4.06. The molecule has 1 aromatic carbocycles. The van der Waals surface area contributed by atoms with E-state index in [9.17, 15) is 29.2 Å². The predicted molar refractivity (Wildman–Crippen MR) is 127 cm³/mol. The maximum absolute atomic E-state index is 15.8. The zero-order chi connectivity index (χ0) is 27.6. The highest BCUT2D eigenvalue weighted by atomic mass is 35.5. The SMILES string of the molecule is CCOC(=O)C(C)NP(=O)(OC[C@@]1(F)O[C@@H](n2ccc(=O)[nH]c2=O)[C@](C)(O)[C@@H]1O)Oc1ccc(Cl)cc1. The van der Waals surface area contributed by atoms with Gasteiger partial charge < -0.3 is 24.2 Å². The summed E-state index contributed by atoms with van der Waals surface area (Å²) in [7, 11) is -4.58. The van der Waals surface area contributed by atoms with E-state index in [1.165, 1.54) is 31.2 Å². The molecule has 2 aromatic rings. The first-order chi connectivity index (χ1) is 17.2. The summed E-state index contributed by atoms with van der Waals surface area (Å²) in [5.41, 5.74) is -4.21. The first-order valence-corrected chi connectivity index (χ1v) is 12.9. The lowest BCUT2D eigenvalue weighted by atomic mass is 9.95. The van der Waals surface area contributed by atoms with Crippen LogP contribution < -0.4 is 20.9 Å². The number of rotatable bonds is 10. The Morgan fingerprint density at radius 3 is 2.59 bits per heavy atom. The molecule has 1 aromatic heterocycles. The number of carbonyl (C=O) groups is 1. The lowest BCUT2D eigenvalue weighted by Crippen LogP contribution is -2.50. The van der Waals surface area contributed by atoms with Crippen molar-refractivity contribution in [1.82, 2.24) is 14.6 Å². The van der Waals surface area contributed by atoms with E-state index >= 15 is 4.39 Å². The van der Waals surface area contributed by atoms with E-state index in [1.54, 1.807) is 6.92 Å². The van der Waals surface area contributed by atoms with E-state index in [0.29, 0.717) is 9.59 Å². The quantitative estimate of drug-likeness (QED) is 0.240. The Morgan fingerprint density at radius 2 is 2.00 bits per heavy atom. The van der Waals surface area contributed by atoms with Gasteiger partial charge in [0.15, 0.2) is 6.23 Å². The van der Waals surface area contributed by atoms with Gasteiger partial charge in [0.25, 0.3) is 11.4 Å². The van der Waals surface area contributed by atoms with Gasteiger partial charge in [0.05, 0.1) is 6.61 Å². The summed E-state index contributed by atoms with van der Waals surface area (Å²) in [6.07, 6.45) is -3.20. The third-order valence-electron chi connectivity index (χ3n) is 5.34. The highest BCUT2D eigenvalue weighted by molar-refractivity contribution is 7.52. The minimum Gasteiger partial charge on any atom is -0.465 e. The first kappa shape index (κ1) is 29.0. The fourth-order valence-corrected chi connectivity index (χ4v) is 5.09. The number of nitrogens with one attached hydrogen (secondary N) is 2. The Bertz CT molecular complexity index is 1290. The number of aromatic amines is 1. The monoisotopic (exact) mass is 565 g/mol. The Hall–Kier alpha value is -2.58. The number of ether oxygens (including phenoxy) is 2. The van der Waals surface area contributed by atoms with Crippen molar-refractivity contribution in [2.24, 2.45) is 0 Å². The number of hydrogen-bond acceptors (Lipinski definition) is 10. The van der Waals surface area contributed by atoms with Gasteiger partial charge in [0, 0.05) is 17.3 Å². The molecule has 1 saturated heterocycles. The van der Waals surface area contributed by atoms with E-state index in [2.05, 4.69) is 5.09 Å². The second-order valence-electron chi connectivity index (χ2n) is 8.32. The van der Waals surface area contributed by atoms with Gasteiger partial charge in [-0.3, -0.25) is 23.7 Å². The van der Waals surface area contributed by atoms with Crippen LogP contribution >= 0.6 is 19.3 Å². The van der Waals surface area contributed by atoms with Gasteiger partial charge in [-0.15, -0.1) is 0 Å². The van der Waals surface area contributed by atoms with E-state index in [0.717, 1.165) is 19.2 Å². The van der Waals surface area contributed by atoms with Crippen molar-refractivity contribution in [3.63, 3.8) is 0 Å². The second-order valence-corrected chi connectivity index (χ2v) is 10.5. The molecule has 204 valence electrons. The van der Waals surface area contributed by atoms with Crippen LogP contribution in [0, 0.1) is 0 Å². The molecule has 13 nitrogen and oxygen atoms in total. The fourth-order valence-electron chi connectivity index (χ4n) is 3.46.